The van der Waals surface area contributed by atoms with Crippen LogP contribution < -0.4 is 24.3 Å². The highest BCUT2D eigenvalue weighted by Gasteiger charge is 2.66. The van der Waals surface area contributed by atoms with Crippen LogP contribution in [0.4, 0.5) is 15.3 Å². The number of nitrogens with one attached hydrogen (secondary N) is 1. The summed E-state index contributed by atoms with van der Waals surface area (Å²) in [5.74, 6) is -1.28. The number of ether oxygens (including phenoxy) is 7. The van der Waals surface area contributed by atoms with Crippen LogP contribution in [0.1, 0.15) is 78.7 Å². The normalized spacial score (nSPS) is 21.0. The maximum atomic E-state index is 15.2. The van der Waals surface area contributed by atoms with Crippen molar-refractivity contribution in [2.24, 2.45) is 22.9 Å². The minimum absolute atomic E-state index is 0.00154. The van der Waals surface area contributed by atoms with Gasteiger partial charge in [0, 0.05) is 56.3 Å². The molecule has 9 rings (SSSR count). The molecule has 5 aromatic carbocycles. The number of non-ortho nitro benzene ring substituents is 1. The van der Waals surface area contributed by atoms with E-state index in [2.05, 4.69) is 18.0 Å². The number of carbonyl (C=O) groups excluding carboxylic acids is 2. The molecule has 2 heterocycles. The Balaban J connectivity index is 1.17. The van der Waals surface area contributed by atoms with E-state index >= 15 is 4.79 Å². The van der Waals surface area contributed by atoms with Crippen LogP contribution in [0.2, 0.25) is 0 Å². The average molecular weight is 1070 g/mol. The summed E-state index contributed by atoms with van der Waals surface area (Å²) in [4.78, 5) is 47.6. The number of oxime groups is 1. The van der Waals surface area contributed by atoms with E-state index in [4.69, 9.17) is 43.2 Å². The SMILES string of the molecule is C=CCOC12Oc3ccc(OC(=O)NCc4ccccc4)cc3C3C(CCCCO)C(CCCCO)C=C(C(=NOCc4ccc([N+](=O)[O-])cc4)CC1N(Cc1ccc4c(c1)OCO4)C(=O)OCCOCc1ccccc1)C32. The molecule has 1 saturated carbocycles. The first-order valence-electron chi connectivity index (χ1n) is 26.5. The molecule has 6 unspecified atom stereocenters. The summed E-state index contributed by atoms with van der Waals surface area (Å²) >= 11 is 0. The molecule has 5 aromatic rings. The predicted molar refractivity (Wildman–Crippen MR) is 288 cm³/mol. The number of benzene rings is 5. The zero-order valence-electron chi connectivity index (χ0n) is 43.5. The van der Waals surface area contributed by atoms with E-state index in [1.165, 1.54) is 12.1 Å². The van der Waals surface area contributed by atoms with Crippen molar-refractivity contribution >= 4 is 23.6 Å². The summed E-state index contributed by atoms with van der Waals surface area (Å²) in [6.07, 6.45) is 6.43. The highest BCUT2D eigenvalue weighted by Crippen LogP contribution is 2.62. The van der Waals surface area contributed by atoms with Crippen molar-refractivity contribution in [1.29, 1.82) is 0 Å². The Morgan fingerprint density at radius 3 is 2.27 bits per heavy atom. The molecule has 1 fully saturated rings. The highest BCUT2D eigenvalue weighted by molar-refractivity contribution is 6.03. The van der Waals surface area contributed by atoms with E-state index in [0.717, 1.165) is 22.3 Å². The number of amides is 2. The van der Waals surface area contributed by atoms with Gasteiger partial charge in [-0.25, -0.2) is 9.59 Å². The molecule has 410 valence electrons. The Morgan fingerprint density at radius 2 is 1.53 bits per heavy atom. The van der Waals surface area contributed by atoms with Gasteiger partial charge in [0.15, 0.2) is 11.5 Å². The number of rotatable bonds is 26. The smallest absolute Gasteiger partial charge is 0.412 e. The first-order valence-corrected chi connectivity index (χ1v) is 26.5. The summed E-state index contributed by atoms with van der Waals surface area (Å²) in [5, 5.41) is 39.5. The molecule has 2 aliphatic heterocycles. The van der Waals surface area contributed by atoms with E-state index in [1.807, 2.05) is 78.9 Å². The molecule has 0 saturated heterocycles. The fourth-order valence-corrected chi connectivity index (χ4v) is 11.1. The molecular weight excluding hydrogens is 1000 g/mol. The van der Waals surface area contributed by atoms with Crippen LogP contribution >= 0.6 is 0 Å². The number of allylic oxidation sites excluding steroid dienone is 1. The lowest BCUT2D eigenvalue weighted by Crippen LogP contribution is -2.70. The highest BCUT2D eigenvalue weighted by atomic mass is 16.7. The second-order valence-electron chi connectivity index (χ2n) is 19.7. The van der Waals surface area contributed by atoms with Crippen LogP contribution in [0, 0.1) is 27.9 Å². The lowest BCUT2D eigenvalue weighted by Gasteiger charge is -2.59. The molecule has 0 bridgehead atoms. The standard InChI is InChI=1S/C60H66N4O14/c1-2-29-75-60-55(63(37-44-21-25-53-54(32-44)74-40-73-53)59(68)72-31-30-71-38-42-15-7-4-8-16-42)35-51(62-76-39-43-19-22-46(23-20-43)64(69)70)49-33-45(17-9-11-27-65)48(18-10-12-28-66)56(57(49)60)50-34-47(24-26-52(50)78-60)77-58(67)61-36-41-13-5-3-6-14-41/h2-8,13-16,19-26,32-34,45,48,55-57,65-66H,1,9-12,17-18,27-31,35-40H2,(H,61,67). The van der Waals surface area contributed by atoms with Crippen molar-refractivity contribution in [2.75, 3.05) is 39.8 Å². The van der Waals surface area contributed by atoms with Gasteiger partial charge in [-0.15, -0.1) is 6.58 Å². The van der Waals surface area contributed by atoms with Crippen molar-refractivity contribution in [3.05, 3.63) is 184 Å². The van der Waals surface area contributed by atoms with Crippen LogP contribution in [0.5, 0.6) is 23.0 Å². The van der Waals surface area contributed by atoms with Gasteiger partial charge >= 0.3 is 12.2 Å². The lowest BCUT2D eigenvalue weighted by molar-refractivity contribution is -0.384. The van der Waals surface area contributed by atoms with E-state index in [9.17, 15) is 25.1 Å². The van der Waals surface area contributed by atoms with Gasteiger partial charge in [0.2, 0.25) is 12.6 Å². The maximum Gasteiger partial charge on any atom is 0.412 e. The third kappa shape index (κ3) is 13.1. The molecule has 0 radical (unpaired) electrons. The Bertz CT molecular complexity index is 2900. The first-order chi connectivity index (χ1) is 38.2. The molecule has 6 atom stereocenters. The monoisotopic (exact) mass is 1070 g/mol. The largest absolute Gasteiger partial charge is 0.459 e. The second kappa shape index (κ2) is 26.5. The fourth-order valence-electron chi connectivity index (χ4n) is 11.1. The first kappa shape index (κ1) is 55.0. The summed E-state index contributed by atoms with van der Waals surface area (Å²) in [7, 11) is 0. The topological polar surface area (TPSA) is 219 Å². The number of hydrogen-bond donors (Lipinski definition) is 3. The van der Waals surface area contributed by atoms with Gasteiger partial charge in [-0.3, -0.25) is 15.0 Å². The molecular formula is C60H66N4O14. The Labute approximate surface area is 453 Å². The van der Waals surface area contributed by atoms with Crippen LogP contribution in [0.25, 0.3) is 0 Å². The number of nitro benzene ring substituents is 1. The van der Waals surface area contributed by atoms with E-state index in [-0.39, 0.29) is 89.2 Å². The summed E-state index contributed by atoms with van der Waals surface area (Å²) < 4.78 is 44.2. The van der Waals surface area contributed by atoms with Gasteiger partial charge in [-0.2, -0.15) is 0 Å². The van der Waals surface area contributed by atoms with E-state index in [1.54, 1.807) is 41.3 Å². The van der Waals surface area contributed by atoms with Crippen LogP contribution in [-0.4, -0.2) is 89.6 Å². The zero-order valence-corrected chi connectivity index (χ0v) is 43.5. The van der Waals surface area contributed by atoms with Crippen molar-refractivity contribution in [3.8, 4) is 23.0 Å². The van der Waals surface area contributed by atoms with Crippen LogP contribution in [-0.2, 0) is 45.4 Å². The summed E-state index contributed by atoms with van der Waals surface area (Å²) in [6.45, 7) is 4.67. The molecule has 2 amide bonds. The quantitative estimate of drug-likeness (QED) is 0.0203. The number of carbonyl (C=O) groups is 2. The van der Waals surface area contributed by atoms with E-state index < -0.39 is 40.8 Å². The third-order valence-corrected chi connectivity index (χ3v) is 14.7. The van der Waals surface area contributed by atoms with Crippen molar-refractivity contribution < 1.29 is 62.7 Å². The Hall–Kier alpha value is -7.77. The van der Waals surface area contributed by atoms with Gasteiger partial charge < -0.3 is 53.5 Å². The van der Waals surface area contributed by atoms with Crippen molar-refractivity contribution in [1.82, 2.24) is 10.2 Å². The van der Waals surface area contributed by atoms with E-state index in [0.29, 0.717) is 79.2 Å². The molecule has 3 N–H and O–H groups in total. The van der Waals surface area contributed by atoms with Gasteiger partial charge in [-0.1, -0.05) is 96.9 Å². The van der Waals surface area contributed by atoms with Gasteiger partial charge in [0.1, 0.15) is 30.8 Å². The second-order valence-corrected chi connectivity index (χ2v) is 19.7. The molecule has 78 heavy (non-hydrogen) atoms. The molecule has 2 aliphatic carbocycles. The van der Waals surface area contributed by atoms with Crippen LogP contribution in [0.15, 0.2) is 151 Å². The van der Waals surface area contributed by atoms with Crippen LogP contribution in [0.3, 0.4) is 0 Å². The minimum Gasteiger partial charge on any atom is -0.459 e. The Kier molecular flexibility index (Phi) is 18.7. The van der Waals surface area contributed by atoms with Crippen molar-refractivity contribution in [3.63, 3.8) is 0 Å². The van der Waals surface area contributed by atoms with Gasteiger partial charge in [-0.05, 0) is 108 Å². The minimum atomic E-state index is -1.67. The molecule has 18 heteroatoms. The average Bonchev–Trinajstić information content (AvgIpc) is 2.66. The molecule has 18 nitrogen and oxygen atoms in total. The number of hydrogen-bond acceptors (Lipinski definition) is 15. The number of nitro groups is 1. The number of aliphatic hydroxyl groups is 2. The Morgan fingerprint density at radius 1 is 0.821 bits per heavy atom. The summed E-state index contributed by atoms with van der Waals surface area (Å²) in [6, 6.07) is 35.0. The number of unbranched alkanes of at least 4 members (excludes halogenated alkanes) is 2. The molecule has 0 spiro atoms. The number of nitrogens with zero attached hydrogens (tertiary/aromatic N) is 3. The van der Waals surface area contributed by atoms with Gasteiger partial charge in [0.25, 0.3) is 5.69 Å². The van der Waals surface area contributed by atoms with Crippen molar-refractivity contribution in [2.45, 2.75) is 89.0 Å². The molecule has 4 aliphatic rings. The molecule has 0 aromatic heterocycles. The number of aliphatic hydroxyl groups excluding tert-OH is 2. The fraction of sp³-hybridized carbons (Fsp3) is 0.383. The zero-order chi connectivity index (χ0) is 54.3. The lowest BCUT2D eigenvalue weighted by atomic mass is 9.55. The summed E-state index contributed by atoms with van der Waals surface area (Å²) in [5.41, 5.74) is 5.15. The predicted octanol–water partition coefficient (Wildman–Crippen LogP) is 10.3. The number of fused-ring (bicyclic) bond motifs is 3. The van der Waals surface area contributed by atoms with Gasteiger partial charge in [0.05, 0.1) is 36.4 Å². The maximum absolute atomic E-state index is 15.2. The third-order valence-electron chi connectivity index (χ3n) is 14.7.